The summed E-state index contributed by atoms with van der Waals surface area (Å²) in [6.45, 7) is 2.04. The van der Waals surface area contributed by atoms with Crippen molar-refractivity contribution < 1.29 is 12.8 Å². The van der Waals surface area contributed by atoms with Crippen LogP contribution >= 0.6 is 0 Å². The molecule has 0 bridgehead atoms. The molecule has 0 atom stereocenters. The van der Waals surface area contributed by atoms with E-state index in [1.165, 1.54) is 0 Å². The number of benzene rings is 1. The van der Waals surface area contributed by atoms with Gasteiger partial charge in [0.15, 0.2) is 0 Å². The predicted molar refractivity (Wildman–Crippen MR) is 73.1 cm³/mol. The molecule has 0 unspecified atom stereocenters. The maximum Gasteiger partial charge on any atom is 0.235 e. The molecule has 4 nitrogen and oxygen atoms in total. The average Bonchev–Trinajstić information content (AvgIpc) is 2.70. The maximum atomic E-state index is 11.8. The molecule has 2 aromatic rings. The number of hydrogen-bond donors (Lipinski definition) is 1. The topological polar surface area (TPSA) is 59.3 Å². The lowest BCUT2D eigenvalue weighted by Crippen LogP contribution is -2.16. The molecule has 98 valence electrons. The Kier molecular flexibility index (Phi) is 3.91. The molecule has 0 aliphatic rings. The fourth-order valence-electron chi connectivity index (χ4n) is 1.78. The third-order valence-corrected chi connectivity index (χ3v) is 4.04. The van der Waals surface area contributed by atoms with Crippen molar-refractivity contribution in [3.05, 3.63) is 30.3 Å². The molecule has 0 radical (unpaired) electrons. The van der Waals surface area contributed by atoms with E-state index in [1.807, 2.05) is 31.2 Å². The van der Waals surface area contributed by atoms with Crippen molar-refractivity contribution in [2.45, 2.75) is 26.2 Å². The van der Waals surface area contributed by atoms with Crippen molar-refractivity contribution in [3.8, 4) is 0 Å². The summed E-state index contributed by atoms with van der Waals surface area (Å²) >= 11 is 0. The minimum Gasteiger partial charge on any atom is -0.440 e. The van der Waals surface area contributed by atoms with Crippen LogP contribution in [0.2, 0.25) is 0 Å². The second-order valence-corrected chi connectivity index (χ2v) is 6.12. The molecule has 1 aromatic carbocycles. The quantitative estimate of drug-likeness (QED) is 0.816. The molecule has 0 amide bonds. The van der Waals surface area contributed by atoms with Crippen LogP contribution in [0.4, 0.5) is 5.88 Å². The third-order valence-electron chi connectivity index (χ3n) is 2.70. The normalized spacial score (nSPS) is 11.8. The first-order chi connectivity index (χ1) is 8.61. The molecule has 0 aliphatic heterocycles. The van der Waals surface area contributed by atoms with E-state index in [9.17, 15) is 8.42 Å². The molecule has 0 saturated heterocycles. The van der Waals surface area contributed by atoms with E-state index in [0.29, 0.717) is 12.0 Å². The van der Waals surface area contributed by atoms with Crippen LogP contribution < -0.4 is 4.72 Å². The molecule has 1 aromatic heterocycles. The van der Waals surface area contributed by atoms with E-state index < -0.39 is 10.0 Å². The van der Waals surface area contributed by atoms with Gasteiger partial charge < -0.3 is 4.42 Å². The van der Waals surface area contributed by atoms with Crippen molar-refractivity contribution >= 4 is 26.9 Å². The summed E-state index contributed by atoms with van der Waals surface area (Å²) in [5.41, 5.74) is 0.684. The Bertz CT molecular complexity index is 583. The smallest absolute Gasteiger partial charge is 0.235 e. The predicted octanol–water partition coefficient (Wildman–Crippen LogP) is 3.36. The van der Waals surface area contributed by atoms with E-state index in [1.54, 1.807) is 6.07 Å². The van der Waals surface area contributed by atoms with Crippen LogP contribution in [0, 0.1) is 0 Å². The van der Waals surface area contributed by atoms with Gasteiger partial charge >= 0.3 is 0 Å². The van der Waals surface area contributed by atoms with Gasteiger partial charge in [0.1, 0.15) is 5.58 Å². The first-order valence-corrected chi connectivity index (χ1v) is 7.75. The zero-order valence-corrected chi connectivity index (χ0v) is 11.2. The molecule has 2 rings (SSSR count). The second kappa shape index (κ2) is 5.44. The Morgan fingerprint density at radius 1 is 1.22 bits per heavy atom. The van der Waals surface area contributed by atoms with Crippen molar-refractivity contribution in [3.63, 3.8) is 0 Å². The van der Waals surface area contributed by atoms with Crippen molar-refractivity contribution in [1.29, 1.82) is 0 Å². The van der Waals surface area contributed by atoms with Gasteiger partial charge in [-0.3, -0.25) is 4.72 Å². The molecule has 1 N–H and O–H groups in total. The number of anilines is 1. The summed E-state index contributed by atoms with van der Waals surface area (Å²) in [6, 6.07) is 9.13. The van der Waals surface area contributed by atoms with Gasteiger partial charge in [-0.25, -0.2) is 8.42 Å². The summed E-state index contributed by atoms with van der Waals surface area (Å²) in [7, 11) is -3.30. The Balaban J connectivity index is 2.08. The highest BCUT2D eigenvalue weighted by molar-refractivity contribution is 7.92. The Labute approximate surface area is 107 Å². The van der Waals surface area contributed by atoms with Crippen LogP contribution in [0.1, 0.15) is 26.2 Å². The highest BCUT2D eigenvalue weighted by Crippen LogP contribution is 2.23. The fraction of sp³-hybridized carbons (Fsp3) is 0.385. The highest BCUT2D eigenvalue weighted by Gasteiger charge is 2.12. The first-order valence-electron chi connectivity index (χ1n) is 6.10. The van der Waals surface area contributed by atoms with Crippen LogP contribution in [-0.4, -0.2) is 14.2 Å². The summed E-state index contributed by atoms with van der Waals surface area (Å²) < 4.78 is 31.5. The SMILES string of the molecule is CCCCCS(=O)(=O)Nc1cc2ccccc2o1. The van der Waals surface area contributed by atoms with Crippen LogP contribution in [0.5, 0.6) is 0 Å². The minimum atomic E-state index is -3.30. The van der Waals surface area contributed by atoms with Gasteiger partial charge in [-0.05, 0) is 12.5 Å². The van der Waals surface area contributed by atoms with Gasteiger partial charge in [0.25, 0.3) is 0 Å². The van der Waals surface area contributed by atoms with Crippen LogP contribution in [0.3, 0.4) is 0 Å². The zero-order chi connectivity index (χ0) is 13.0. The Morgan fingerprint density at radius 2 is 2.00 bits per heavy atom. The van der Waals surface area contributed by atoms with E-state index >= 15 is 0 Å². The molecular formula is C13H17NO3S. The Hall–Kier alpha value is -1.49. The number of hydrogen-bond acceptors (Lipinski definition) is 3. The molecule has 5 heteroatoms. The van der Waals surface area contributed by atoms with E-state index in [0.717, 1.165) is 18.2 Å². The summed E-state index contributed by atoms with van der Waals surface area (Å²) in [4.78, 5) is 0. The van der Waals surface area contributed by atoms with Gasteiger partial charge in [-0.15, -0.1) is 0 Å². The number of para-hydroxylation sites is 1. The molecule has 0 aliphatic carbocycles. The number of furan rings is 1. The van der Waals surface area contributed by atoms with E-state index in [4.69, 9.17) is 4.42 Å². The highest BCUT2D eigenvalue weighted by atomic mass is 32.2. The van der Waals surface area contributed by atoms with E-state index in [-0.39, 0.29) is 11.6 Å². The standard InChI is InChI=1S/C13H17NO3S/c1-2-3-6-9-18(15,16)14-13-10-11-7-4-5-8-12(11)17-13/h4-5,7-8,10,14H,2-3,6,9H2,1H3. The molecular weight excluding hydrogens is 250 g/mol. The summed E-state index contributed by atoms with van der Waals surface area (Å²) in [5.74, 6) is 0.422. The van der Waals surface area contributed by atoms with Crippen molar-refractivity contribution in [2.24, 2.45) is 0 Å². The van der Waals surface area contributed by atoms with Gasteiger partial charge in [0, 0.05) is 11.5 Å². The third kappa shape index (κ3) is 3.26. The maximum absolute atomic E-state index is 11.8. The fourth-order valence-corrected chi connectivity index (χ4v) is 2.87. The van der Waals surface area contributed by atoms with Crippen LogP contribution in [-0.2, 0) is 10.0 Å². The lowest BCUT2D eigenvalue weighted by Gasteiger charge is -2.03. The van der Waals surface area contributed by atoms with Crippen LogP contribution in [0.25, 0.3) is 11.0 Å². The molecule has 0 spiro atoms. The van der Waals surface area contributed by atoms with E-state index in [2.05, 4.69) is 4.72 Å². The monoisotopic (exact) mass is 267 g/mol. The number of sulfonamides is 1. The lowest BCUT2D eigenvalue weighted by molar-refractivity contribution is 0.589. The second-order valence-electron chi connectivity index (χ2n) is 4.28. The number of rotatable bonds is 6. The molecule has 18 heavy (non-hydrogen) atoms. The molecule has 0 saturated carbocycles. The van der Waals surface area contributed by atoms with Crippen molar-refractivity contribution in [2.75, 3.05) is 10.5 Å². The molecule has 1 heterocycles. The van der Waals surface area contributed by atoms with Gasteiger partial charge in [0.05, 0.1) is 5.75 Å². The van der Waals surface area contributed by atoms with Gasteiger partial charge in [0.2, 0.25) is 15.9 Å². The number of unbranched alkanes of at least 4 members (excludes halogenated alkanes) is 2. The first kappa shape index (κ1) is 13.0. The zero-order valence-electron chi connectivity index (χ0n) is 10.3. The minimum absolute atomic E-state index is 0.137. The molecule has 0 fully saturated rings. The van der Waals surface area contributed by atoms with Crippen LogP contribution in [0.15, 0.2) is 34.7 Å². The van der Waals surface area contributed by atoms with Gasteiger partial charge in [-0.2, -0.15) is 0 Å². The number of nitrogens with one attached hydrogen (secondary N) is 1. The largest absolute Gasteiger partial charge is 0.440 e. The summed E-state index contributed by atoms with van der Waals surface area (Å²) in [5, 5.41) is 0.892. The average molecular weight is 267 g/mol. The summed E-state index contributed by atoms with van der Waals surface area (Å²) in [6.07, 6.45) is 2.59. The Morgan fingerprint density at radius 3 is 2.72 bits per heavy atom. The number of fused-ring (bicyclic) bond motifs is 1. The van der Waals surface area contributed by atoms with Gasteiger partial charge in [-0.1, -0.05) is 38.0 Å². The lowest BCUT2D eigenvalue weighted by atomic mass is 10.3. The van der Waals surface area contributed by atoms with Crippen molar-refractivity contribution in [1.82, 2.24) is 0 Å².